The molecule has 0 heterocycles. The molecule has 0 saturated carbocycles. The highest BCUT2D eigenvalue weighted by atomic mass is 32.2. The van der Waals surface area contributed by atoms with Crippen LogP contribution < -0.4 is 4.74 Å². The Hall–Kier alpha value is -2.76. The first-order valence-corrected chi connectivity index (χ1v) is 11.0. The number of hydrogen-bond acceptors (Lipinski definition) is 3. The number of hydrogen-bond donors (Lipinski definition) is 1. The molecule has 0 bridgehead atoms. The van der Waals surface area contributed by atoms with E-state index in [1.54, 1.807) is 25.3 Å². The normalized spacial score (nSPS) is 11.9. The molecule has 0 aliphatic rings. The summed E-state index contributed by atoms with van der Waals surface area (Å²) in [6.07, 6.45) is 2.54. The molecule has 3 aromatic carbocycles. The van der Waals surface area contributed by atoms with Crippen molar-refractivity contribution in [3.8, 4) is 16.9 Å². The molecule has 0 aliphatic carbocycles. The number of carboxylic acid groups (broad SMARTS) is 1. The average Bonchev–Trinajstić information content (AvgIpc) is 2.71. The van der Waals surface area contributed by atoms with Crippen LogP contribution in [0.1, 0.15) is 34.0 Å². The van der Waals surface area contributed by atoms with E-state index in [0.717, 1.165) is 28.0 Å². The molecule has 0 aromatic heterocycles. The summed E-state index contributed by atoms with van der Waals surface area (Å²) in [5.41, 5.74) is 5.06. The lowest BCUT2D eigenvalue weighted by Crippen LogP contribution is -2.04. The summed E-state index contributed by atoms with van der Waals surface area (Å²) in [5.74, 6) is -0.225. The molecule has 29 heavy (non-hydrogen) atoms. The Kier molecular flexibility index (Phi) is 6.62. The Morgan fingerprint density at radius 2 is 1.83 bits per heavy atom. The molecule has 0 aliphatic heterocycles. The van der Waals surface area contributed by atoms with E-state index in [0.29, 0.717) is 23.5 Å². The third-order valence-electron chi connectivity index (χ3n) is 4.89. The van der Waals surface area contributed by atoms with Gasteiger partial charge in [-0.05, 0) is 65.0 Å². The van der Waals surface area contributed by atoms with Gasteiger partial charge in [0, 0.05) is 11.6 Å². The number of rotatable bonds is 7. The third-order valence-corrected chi connectivity index (χ3v) is 5.80. The molecule has 150 valence electrons. The van der Waals surface area contributed by atoms with Gasteiger partial charge < -0.3 is 14.4 Å². The van der Waals surface area contributed by atoms with Gasteiger partial charge in [-0.15, -0.1) is 0 Å². The maximum atomic E-state index is 12.0. The van der Waals surface area contributed by atoms with Gasteiger partial charge in [0.15, 0.2) is 4.90 Å². The van der Waals surface area contributed by atoms with Crippen molar-refractivity contribution < 1.29 is 19.2 Å². The molecule has 0 saturated heterocycles. The smallest absolute Gasteiger partial charge is 0.335 e. The van der Waals surface area contributed by atoms with Crippen LogP contribution in [0.3, 0.4) is 0 Å². The van der Waals surface area contributed by atoms with Gasteiger partial charge in [-0.1, -0.05) is 43.3 Å². The van der Waals surface area contributed by atoms with Gasteiger partial charge in [0.1, 0.15) is 18.6 Å². The lowest BCUT2D eigenvalue weighted by atomic mass is 9.97. The van der Waals surface area contributed by atoms with Crippen LogP contribution in [0.25, 0.3) is 11.1 Å². The monoisotopic (exact) mass is 408 g/mol. The van der Waals surface area contributed by atoms with Crippen LogP contribution in [-0.2, 0) is 24.2 Å². The molecule has 0 spiro atoms. The Labute approximate surface area is 174 Å². The minimum Gasteiger partial charge on any atom is -0.612 e. The minimum absolute atomic E-state index is 0.293. The minimum atomic E-state index is -1.09. The topological polar surface area (TPSA) is 69.6 Å². The summed E-state index contributed by atoms with van der Waals surface area (Å²) in [7, 11) is 0. The predicted molar refractivity (Wildman–Crippen MR) is 116 cm³/mol. The highest BCUT2D eigenvalue weighted by molar-refractivity contribution is 7.90. The van der Waals surface area contributed by atoms with Crippen LogP contribution in [0.15, 0.2) is 65.6 Å². The van der Waals surface area contributed by atoms with Crippen molar-refractivity contribution in [3.05, 3.63) is 82.9 Å². The molecule has 1 unspecified atom stereocenters. The zero-order chi connectivity index (χ0) is 21.0. The van der Waals surface area contributed by atoms with Crippen LogP contribution >= 0.6 is 0 Å². The number of carbonyl (C=O) groups is 1. The van der Waals surface area contributed by atoms with Crippen LogP contribution in [0.4, 0.5) is 0 Å². The largest absolute Gasteiger partial charge is 0.612 e. The second-order valence-corrected chi connectivity index (χ2v) is 8.25. The van der Waals surface area contributed by atoms with Crippen LogP contribution in [0.2, 0.25) is 0 Å². The van der Waals surface area contributed by atoms with Gasteiger partial charge in [-0.2, -0.15) is 0 Å². The fourth-order valence-corrected chi connectivity index (χ4v) is 3.88. The first-order valence-electron chi connectivity index (χ1n) is 9.42. The van der Waals surface area contributed by atoms with E-state index in [4.69, 9.17) is 4.74 Å². The maximum absolute atomic E-state index is 12.0. The van der Waals surface area contributed by atoms with E-state index in [1.807, 2.05) is 36.4 Å². The van der Waals surface area contributed by atoms with Crippen molar-refractivity contribution in [2.45, 2.75) is 31.8 Å². The van der Waals surface area contributed by atoms with Crippen molar-refractivity contribution >= 4 is 17.1 Å². The van der Waals surface area contributed by atoms with E-state index < -0.39 is 17.1 Å². The standard InChI is InChI=1S/C24H24O4S/c1-4-18-7-5-6-8-21(18)22-14-19(29(3)27)10-12-23(22)28-15-17-9-11-20(24(25)26)16(2)13-17/h5-14H,4,15H2,1-3H3,(H,25,26). The molecule has 1 atom stereocenters. The van der Waals surface area contributed by atoms with E-state index >= 15 is 0 Å². The fourth-order valence-electron chi connectivity index (χ4n) is 3.33. The first-order chi connectivity index (χ1) is 13.9. The molecular formula is C24H24O4S. The zero-order valence-corrected chi connectivity index (χ0v) is 17.6. The highest BCUT2D eigenvalue weighted by Crippen LogP contribution is 2.35. The molecule has 3 rings (SSSR count). The molecule has 3 aromatic rings. The van der Waals surface area contributed by atoms with Crippen LogP contribution in [0.5, 0.6) is 5.75 Å². The van der Waals surface area contributed by atoms with E-state index in [2.05, 4.69) is 19.1 Å². The quantitative estimate of drug-likeness (QED) is 0.543. The highest BCUT2D eigenvalue weighted by Gasteiger charge is 2.15. The van der Waals surface area contributed by atoms with Crippen molar-refractivity contribution in [3.63, 3.8) is 0 Å². The molecule has 0 radical (unpaired) electrons. The summed E-state index contributed by atoms with van der Waals surface area (Å²) in [6, 6.07) is 19.0. The number of benzene rings is 3. The van der Waals surface area contributed by atoms with Crippen LogP contribution in [0, 0.1) is 6.92 Å². The summed E-state index contributed by atoms with van der Waals surface area (Å²) in [6.45, 7) is 4.20. The second-order valence-electron chi connectivity index (χ2n) is 6.87. The number of aryl methyl sites for hydroxylation is 2. The summed E-state index contributed by atoms with van der Waals surface area (Å²) < 4.78 is 18.1. The lowest BCUT2D eigenvalue weighted by molar-refractivity contribution is 0.0696. The Bertz CT molecular complexity index is 1030. The lowest BCUT2D eigenvalue weighted by Gasteiger charge is -2.16. The van der Waals surface area contributed by atoms with E-state index in [1.165, 1.54) is 5.56 Å². The number of carboxylic acids is 1. The van der Waals surface area contributed by atoms with Gasteiger partial charge in [0.25, 0.3) is 0 Å². The van der Waals surface area contributed by atoms with Crippen molar-refractivity contribution in [2.24, 2.45) is 0 Å². The SMILES string of the molecule is CCc1ccccc1-c1cc([S+](C)[O-])ccc1OCc1ccc(C(=O)O)c(C)c1. The summed E-state index contributed by atoms with van der Waals surface area (Å²) in [4.78, 5) is 12.0. The Morgan fingerprint density at radius 3 is 2.48 bits per heavy atom. The zero-order valence-electron chi connectivity index (χ0n) is 16.8. The molecule has 0 fully saturated rings. The summed E-state index contributed by atoms with van der Waals surface area (Å²) >= 11 is -1.09. The molecular weight excluding hydrogens is 384 g/mol. The van der Waals surface area contributed by atoms with Crippen LogP contribution in [-0.4, -0.2) is 21.9 Å². The van der Waals surface area contributed by atoms with Gasteiger partial charge >= 0.3 is 5.97 Å². The Morgan fingerprint density at radius 1 is 1.07 bits per heavy atom. The molecule has 0 amide bonds. The van der Waals surface area contributed by atoms with E-state index in [9.17, 15) is 14.5 Å². The fraction of sp³-hybridized carbons (Fsp3) is 0.208. The van der Waals surface area contributed by atoms with Crippen molar-refractivity contribution in [2.75, 3.05) is 6.26 Å². The Balaban J connectivity index is 1.95. The number of aromatic carboxylic acids is 1. The molecule has 1 N–H and O–H groups in total. The van der Waals surface area contributed by atoms with Crippen molar-refractivity contribution in [1.29, 1.82) is 0 Å². The van der Waals surface area contributed by atoms with Gasteiger partial charge in [-0.3, -0.25) is 0 Å². The maximum Gasteiger partial charge on any atom is 0.335 e. The van der Waals surface area contributed by atoms with Crippen molar-refractivity contribution in [1.82, 2.24) is 0 Å². The second kappa shape index (κ2) is 9.16. The average molecular weight is 409 g/mol. The third kappa shape index (κ3) is 4.81. The first kappa shape index (κ1) is 21.0. The molecule has 5 heteroatoms. The van der Waals surface area contributed by atoms with Gasteiger partial charge in [0.2, 0.25) is 0 Å². The van der Waals surface area contributed by atoms with Gasteiger partial charge in [-0.25, -0.2) is 4.79 Å². The predicted octanol–water partition coefficient (Wildman–Crippen LogP) is 5.24. The van der Waals surface area contributed by atoms with Gasteiger partial charge in [0.05, 0.1) is 5.56 Å². The molecule has 4 nitrogen and oxygen atoms in total. The van der Waals surface area contributed by atoms with E-state index in [-0.39, 0.29) is 0 Å². The number of ether oxygens (including phenoxy) is 1. The summed E-state index contributed by atoms with van der Waals surface area (Å²) in [5, 5.41) is 9.19.